The molecule has 26 heavy (non-hydrogen) atoms. The number of benzene rings is 1. The summed E-state index contributed by atoms with van der Waals surface area (Å²) in [5, 5.41) is 7.03. The van der Waals surface area contributed by atoms with E-state index >= 15 is 0 Å². The first-order chi connectivity index (χ1) is 12.3. The van der Waals surface area contributed by atoms with Gasteiger partial charge in [-0.3, -0.25) is 4.79 Å². The molecular formula is C20H24N4O2. The number of amides is 1. The van der Waals surface area contributed by atoms with E-state index in [-0.39, 0.29) is 11.3 Å². The van der Waals surface area contributed by atoms with Crippen molar-refractivity contribution in [3.63, 3.8) is 0 Å². The van der Waals surface area contributed by atoms with E-state index in [1.807, 2.05) is 29.8 Å². The number of nitrogens with one attached hydrogen (secondary N) is 1. The number of aryl methyl sites for hydroxylation is 2. The minimum absolute atomic E-state index is 0.202. The van der Waals surface area contributed by atoms with Gasteiger partial charge in [-0.15, -0.1) is 0 Å². The summed E-state index contributed by atoms with van der Waals surface area (Å²) < 4.78 is 7.39. The van der Waals surface area contributed by atoms with E-state index in [4.69, 9.17) is 4.52 Å². The minimum atomic E-state index is -0.217. The van der Waals surface area contributed by atoms with Gasteiger partial charge in [-0.25, -0.2) is 4.98 Å². The highest BCUT2D eigenvalue weighted by Gasteiger charge is 2.34. The largest absolute Gasteiger partial charge is 0.360 e. The van der Waals surface area contributed by atoms with Crippen molar-refractivity contribution < 1.29 is 9.32 Å². The molecule has 1 atom stereocenters. The van der Waals surface area contributed by atoms with Gasteiger partial charge in [0.2, 0.25) is 0 Å². The van der Waals surface area contributed by atoms with Crippen LogP contribution in [0.15, 0.2) is 29.0 Å². The van der Waals surface area contributed by atoms with E-state index in [9.17, 15) is 4.79 Å². The van der Waals surface area contributed by atoms with E-state index in [0.29, 0.717) is 11.6 Å². The van der Waals surface area contributed by atoms with Gasteiger partial charge in [-0.2, -0.15) is 0 Å². The molecule has 0 saturated heterocycles. The Labute approximate surface area is 152 Å². The Morgan fingerprint density at radius 2 is 2.15 bits per heavy atom. The smallest absolute Gasteiger partial charge is 0.278 e. The Balaban J connectivity index is 1.59. The minimum Gasteiger partial charge on any atom is -0.360 e. The molecule has 0 fully saturated rings. The maximum atomic E-state index is 12.8. The fraction of sp³-hybridized carbons (Fsp3) is 0.450. The van der Waals surface area contributed by atoms with Gasteiger partial charge in [-0.1, -0.05) is 25.9 Å². The SMILES string of the molecule is Cn1cnc2ccc(NC(=O)c3noc4c3CC(C(C)(C)C)CC4)cc21. The summed E-state index contributed by atoms with van der Waals surface area (Å²) in [5.74, 6) is 1.16. The Hall–Kier alpha value is -2.63. The number of rotatable bonds is 2. The monoisotopic (exact) mass is 352 g/mol. The van der Waals surface area contributed by atoms with Crippen molar-refractivity contribution in [2.45, 2.75) is 40.0 Å². The number of aromatic nitrogens is 3. The molecule has 0 spiro atoms. The Kier molecular flexibility index (Phi) is 3.86. The third-order valence-corrected chi connectivity index (χ3v) is 5.46. The number of imidazole rings is 1. The third-order valence-electron chi connectivity index (χ3n) is 5.46. The normalized spacial score (nSPS) is 17.3. The average molecular weight is 352 g/mol. The molecule has 2 heterocycles. The van der Waals surface area contributed by atoms with E-state index < -0.39 is 0 Å². The number of carbonyl (C=O) groups excluding carboxylic acids is 1. The number of nitrogens with zero attached hydrogens (tertiary/aromatic N) is 3. The highest BCUT2D eigenvalue weighted by molar-refractivity contribution is 6.04. The maximum Gasteiger partial charge on any atom is 0.278 e. The van der Waals surface area contributed by atoms with Gasteiger partial charge in [0.25, 0.3) is 5.91 Å². The lowest BCUT2D eigenvalue weighted by Gasteiger charge is -2.33. The van der Waals surface area contributed by atoms with Crippen LogP contribution in [0.4, 0.5) is 5.69 Å². The van der Waals surface area contributed by atoms with Crippen LogP contribution < -0.4 is 5.32 Å². The predicted molar refractivity (Wildman–Crippen MR) is 100 cm³/mol. The van der Waals surface area contributed by atoms with Gasteiger partial charge < -0.3 is 14.4 Å². The molecule has 6 heteroatoms. The summed E-state index contributed by atoms with van der Waals surface area (Å²) >= 11 is 0. The number of hydrogen-bond acceptors (Lipinski definition) is 4. The van der Waals surface area contributed by atoms with E-state index in [0.717, 1.165) is 47.3 Å². The van der Waals surface area contributed by atoms with Gasteiger partial charge in [0.15, 0.2) is 5.69 Å². The maximum absolute atomic E-state index is 12.8. The van der Waals surface area contributed by atoms with Crippen LogP contribution in [0.5, 0.6) is 0 Å². The summed E-state index contributed by atoms with van der Waals surface area (Å²) in [4.78, 5) is 17.1. The summed E-state index contributed by atoms with van der Waals surface area (Å²) in [6.07, 6.45) is 4.52. The zero-order valence-electron chi connectivity index (χ0n) is 15.7. The van der Waals surface area contributed by atoms with Crippen LogP contribution in [0.2, 0.25) is 0 Å². The molecule has 0 radical (unpaired) electrons. The number of hydrogen-bond donors (Lipinski definition) is 1. The average Bonchev–Trinajstić information content (AvgIpc) is 3.17. The van der Waals surface area contributed by atoms with Crippen molar-refractivity contribution >= 4 is 22.6 Å². The van der Waals surface area contributed by atoms with Gasteiger partial charge in [0.05, 0.1) is 17.4 Å². The van der Waals surface area contributed by atoms with Crippen molar-refractivity contribution in [2.75, 3.05) is 5.32 Å². The molecular weight excluding hydrogens is 328 g/mol. The number of carbonyl (C=O) groups is 1. The highest BCUT2D eigenvalue weighted by Crippen LogP contribution is 2.38. The second-order valence-corrected chi connectivity index (χ2v) is 8.25. The van der Waals surface area contributed by atoms with Crippen LogP contribution in [-0.2, 0) is 19.9 Å². The van der Waals surface area contributed by atoms with Gasteiger partial charge in [0, 0.05) is 24.7 Å². The second kappa shape index (κ2) is 5.97. The topological polar surface area (TPSA) is 73.0 Å². The summed E-state index contributed by atoms with van der Waals surface area (Å²) in [5.41, 5.74) is 4.18. The zero-order chi connectivity index (χ0) is 18.5. The Morgan fingerprint density at radius 1 is 1.35 bits per heavy atom. The van der Waals surface area contributed by atoms with Crippen molar-refractivity contribution in [1.29, 1.82) is 0 Å². The van der Waals surface area contributed by atoms with Crippen molar-refractivity contribution in [1.82, 2.24) is 14.7 Å². The highest BCUT2D eigenvalue weighted by atomic mass is 16.5. The molecule has 4 rings (SSSR count). The van der Waals surface area contributed by atoms with Crippen LogP contribution in [0.3, 0.4) is 0 Å². The number of anilines is 1. The second-order valence-electron chi connectivity index (χ2n) is 8.25. The van der Waals surface area contributed by atoms with Crippen LogP contribution in [0.25, 0.3) is 11.0 Å². The van der Waals surface area contributed by atoms with Crippen molar-refractivity contribution in [3.05, 3.63) is 41.5 Å². The van der Waals surface area contributed by atoms with Crippen LogP contribution >= 0.6 is 0 Å². The van der Waals surface area contributed by atoms with Crippen molar-refractivity contribution in [2.24, 2.45) is 18.4 Å². The lowest BCUT2D eigenvalue weighted by Crippen LogP contribution is -2.27. The first-order valence-electron chi connectivity index (χ1n) is 9.03. The summed E-state index contributed by atoms with van der Waals surface area (Å²) in [6, 6.07) is 5.68. The molecule has 0 saturated carbocycles. The molecule has 0 bridgehead atoms. The molecule has 2 aromatic heterocycles. The molecule has 1 amide bonds. The fourth-order valence-electron chi connectivity index (χ4n) is 3.72. The molecule has 1 unspecified atom stereocenters. The van der Waals surface area contributed by atoms with Crippen LogP contribution in [0, 0.1) is 11.3 Å². The molecule has 3 aromatic rings. The summed E-state index contributed by atoms with van der Waals surface area (Å²) in [6.45, 7) is 6.75. The molecule has 136 valence electrons. The molecule has 1 aliphatic rings. The van der Waals surface area contributed by atoms with E-state index in [2.05, 4.69) is 36.2 Å². The third kappa shape index (κ3) is 2.89. The quantitative estimate of drug-likeness (QED) is 0.757. The first-order valence-corrected chi connectivity index (χ1v) is 9.03. The lowest BCUT2D eigenvalue weighted by atomic mass is 9.71. The summed E-state index contributed by atoms with van der Waals surface area (Å²) in [7, 11) is 1.93. The van der Waals surface area contributed by atoms with E-state index in [1.54, 1.807) is 6.33 Å². The Morgan fingerprint density at radius 3 is 2.92 bits per heavy atom. The fourth-order valence-corrected chi connectivity index (χ4v) is 3.72. The van der Waals surface area contributed by atoms with Crippen LogP contribution in [-0.4, -0.2) is 20.6 Å². The molecule has 1 aromatic carbocycles. The van der Waals surface area contributed by atoms with Gasteiger partial charge in [-0.05, 0) is 42.4 Å². The zero-order valence-corrected chi connectivity index (χ0v) is 15.7. The molecule has 1 aliphatic carbocycles. The molecule has 0 aliphatic heterocycles. The van der Waals surface area contributed by atoms with Crippen molar-refractivity contribution in [3.8, 4) is 0 Å². The first kappa shape index (κ1) is 16.8. The lowest BCUT2D eigenvalue weighted by molar-refractivity contribution is 0.101. The standard InChI is InChI=1S/C20H24N4O2/c1-20(2,3)12-5-8-17-14(9-12)18(23-26-17)19(25)22-13-6-7-15-16(10-13)24(4)11-21-15/h6-7,10-12H,5,8-9H2,1-4H3,(H,22,25). The van der Waals surface area contributed by atoms with Gasteiger partial charge in [0.1, 0.15) is 5.76 Å². The van der Waals surface area contributed by atoms with E-state index in [1.165, 1.54) is 0 Å². The molecule has 6 nitrogen and oxygen atoms in total. The Bertz CT molecular complexity index is 978. The van der Waals surface area contributed by atoms with Gasteiger partial charge >= 0.3 is 0 Å². The predicted octanol–water partition coefficient (Wildman–Crippen LogP) is 3.96. The molecule has 1 N–H and O–H groups in total. The van der Waals surface area contributed by atoms with Crippen LogP contribution in [0.1, 0.15) is 49.0 Å². The number of fused-ring (bicyclic) bond motifs is 2.